The molecule has 2 unspecified atom stereocenters. The molecule has 0 saturated carbocycles. The number of halogens is 1. The van der Waals surface area contributed by atoms with Crippen molar-refractivity contribution in [1.29, 1.82) is 0 Å². The van der Waals surface area contributed by atoms with Gasteiger partial charge in [0.25, 0.3) is 0 Å². The number of hydrogen-bond donors (Lipinski definition) is 1. The van der Waals surface area contributed by atoms with Crippen LogP contribution in [0.3, 0.4) is 0 Å². The minimum Gasteiger partial charge on any atom is -0.463 e. The summed E-state index contributed by atoms with van der Waals surface area (Å²) in [6.07, 6.45) is 1.63. The second-order valence-electron chi connectivity index (χ2n) is 9.18. The molecule has 1 fully saturated rings. The minimum atomic E-state index is -0.670. The lowest BCUT2D eigenvalue weighted by Crippen LogP contribution is -2.57. The van der Waals surface area contributed by atoms with E-state index < -0.39 is 12.0 Å². The average molecular weight is 503 g/mol. The molecular weight excluding hydrogens is 468 g/mol. The summed E-state index contributed by atoms with van der Waals surface area (Å²) < 4.78 is 5.44. The molecule has 35 heavy (non-hydrogen) atoms. The van der Waals surface area contributed by atoms with Crippen molar-refractivity contribution in [2.24, 2.45) is 5.92 Å². The largest absolute Gasteiger partial charge is 0.463 e. The predicted octanol–water partition coefficient (Wildman–Crippen LogP) is 3.60. The molecule has 190 valence electrons. The van der Waals surface area contributed by atoms with Crippen molar-refractivity contribution >= 4 is 29.5 Å². The van der Waals surface area contributed by atoms with Crippen LogP contribution in [0, 0.1) is 5.92 Å². The van der Waals surface area contributed by atoms with Gasteiger partial charge in [0.15, 0.2) is 0 Å². The van der Waals surface area contributed by atoms with E-state index in [0.717, 1.165) is 5.56 Å². The minimum absolute atomic E-state index is 0.0163. The predicted molar refractivity (Wildman–Crippen MR) is 136 cm³/mol. The van der Waals surface area contributed by atoms with Crippen LogP contribution < -0.4 is 5.32 Å². The molecule has 1 saturated heterocycles. The van der Waals surface area contributed by atoms with Gasteiger partial charge < -0.3 is 15.0 Å². The number of carbonyl (C=O) groups is 3. The lowest BCUT2D eigenvalue weighted by Gasteiger charge is -2.43. The first-order valence-corrected chi connectivity index (χ1v) is 12.4. The van der Waals surface area contributed by atoms with Crippen LogP contribution in [0.1, 0.15) is 39.3 Å². The van der Waals surface area contributed by atoms with Gasteiger partial charge in [0.05, 0.1) is 18.2 Å². The van der Waals surface area contributed by atoms with Gasteiger partial charge in [0.2, 0.25) is 5.91 Å². The van der Waals surface area contributed by atoms with Crippen LogP contribution in [0.25, 0.3) is 0 Å². The van der Waals surface area contributed by atoms with Gasteiger partial charge in [-0.2, -0.15) is 0 Å². The molecule has 2 heterocycles. The average Bonchev–Trinajstić information content (AvgIpc) is 2.81. The Kier molecular flexibility index (Phi) is 8.97. The maximum absolute atomic E-state index is 13.3. The smallest absolute Gasteiger partial charge is 0.338 e. The normalized spacial score (nSPS) is 21.3. The van der Waals surface area contributed by atoms with Crippen LogP contribution in [0.4, 0.5) is 4.79 Å². The molecule has 3 amide bonds. The van der Waals surface area contributed by atoms with Crippen LogP contribution in [0.2, 0.25) is 5.02 Å². The van der Waals surface area contributed by atoms with E-state index in [-0.39, 0.29) is 37.0 Å². The van der Waals surface area contributed by atoms with E-state index in [1.807, 2.05) is 25.7 Å². The van der Waals surface area contributed by atoms with E-state index in [2.05, 4.69) is 16.8 Å². The SMILES string of the molecule is C=CCN1C(=O)NC(c2ccc(Cl)cc2)C(C(=O)OCC)=C1CN1CCN(C(=O)C(C)C)C(C)C1. The number of urea groups is 1. The van der Waals surface area contributed by atoms with Crippen LogP contribution in [0.5, 0.6) is 0 Å². The fraction of sp³-hybridized carbons (Fsp3) is 0.500. The quantitative estimate of drug-likeness (QED) is 0.434. The summed E-state index contributed by atoms with van der Waals surface area (Å²) >= 11 is 6.07. The van der Waals surface area contributed by atoms with Gasteiger partial charge in [0.1, 0.15) is 0 Å². The zero-order valence-corrected chi connectivity index (χ0v) is 21.7. The first kappa shape index (κ1) is 26.8. The van der Waals surface area contributed by atoms with Crippen molar-refractivity contribution in [2.75, 3.05) is 39.3 Å². The number of ether oxygens (including phenoxy) is 1. The first-order chi connectivity index (χ1) is 16.7. The standard InChI is InChI=1S/C26H35ClN4O4/c1-6-12-31-21(16-29-13-14-30(18(5)15-29)24(32)17(3)4)22(25(33)35-7-2)23(28-26(31)34)19-8-10-20(27)11-9-19/h6,8-11,17-18,23H,1,7,12-16H2,2-5H3,(H,28,34). The van der Waals surface area contributed by atoms with E-state index in [4.69, 9.17) is 16.3 Å². The molecule has 2 aliphatic rings. The number of rotatable bonds is 8. The number of piperazine rings is 1. The van der Waals surface area contributed by atoms with Crippen LogP contribution >= 0.6 is 11.6 Å². The van der Waals surface area contributed by atoms with Crippen LogP contribution in [0.15, 0.2) is 48.2 Å². The molecule has 0 aromatic heterocycles. The van der Waals surface area contributed by atoms with Crippen molar-refractivity contribution in [3.8, 4) is 0 Å². The Labute approximate surface area is 212 Å². The summed E-state index contributed by atoms with van der Waals surface area (Å²) in [5.74, 6) is -0.401. The highest BCUT2D eigenvalue weighted by Crippen LogP contribution is 2.33. The summed E-state index contributed by atoms with van der Waals surface area (Å²) in [6, 6.07) is 6.09. The maximum Gasteiger partial charge on any atom is 0.338 e. The molecule has 0 aliphatic carbocycles. The number of benzene rings is 1. The Morgan fingerprint density at radius 2 is 1.94 bits per heavy atom. The molecule has 0 spiro atoms. The number of esters is 1. The third kappa shape index (κ3) is 6.05. The third-order valence-electron chi connectivity index (χ3n) is 6.31. The maximum atomic E-state index is 13.3. The van der Waals surface area contributed by atoms with Crippen molar-refractivity contribution in [3.63, 3.8) is 0 Å². The lowest BCUT2D eigenvalue weighted by molar-refractivity contribution is -0.139. The van der Waals surface area contributed by atoms with Gasteiger partial charge in [-0.1, -0.05) is 43.7 Å². The van der Waals surface area contributed by atoms with Crippen molar-refractivity contribution < 1.29 is 19.1 Å². The van der Waals surface area contributed by atoms with Gasteiger partial charge in [-0.15, -0.1) is 6.58 Å². The van der Waals surface area contributed by atoms with Crippen molar-refractivity contribution in [3.05, 3.63) is 58.8 Å². The van der Waals surface area contributed by atoms with Crippen LogP contribution in [-0.2, 0) is 14.3 Å². The van der Waals surface area contributed by atoms with Gasteiger partial charge >= 0.3 is 12.0 Å². The van der Waals surface area contributed by atoms with Crippen molar-refractivity contribution in [2.45, 2.75) is 39.8 Å². The summed E-state index contributed by atoms with van der Waals surface area (Å²) in [5, 5.41) is 3.52. The van der Waals surface area contributed by atoms with Crippen LogP contribution in [-0.4, -0.2) is 78.0 Å². The Bertz CT molecular complexity index is 992. The molecule has 1 aromatic rings. The Hall–Kier alpha value is -2.84. The highest BCUT2D eigenvalue weighted by Gasteiger charge is 2.39. The van der Waals surface area contributed by atoms with Gasteiger partial charge in [0, 0.05) is 55.4 Å². The summed E-state index contributed by atoms with van der Waals surface area (Å²) in [5.41, 5.74) is 1.72. The summed E-state index contributed by atoms with van der Waals surface area (Å²) in [7, 11) is 0. The third-order valence-corrected chi connectivity index (χ3v) is 6.56. The monoisotopic (exact) mass is 502 g/mol. The summed E-state index contributed by atoms with van der Waals surface area (Å²) in [6.45, 7) is 14.1. The fourth-order valence-electron chi connectivity index (χ4n) is 4.60. The Morgan fingerprint density at radius 3 is 2.51 bits per heavy atom. The van der Waals surface area contributed by atoms with E-state index in [1.54, 1.807) is 42.2 Å². The highest BCUT2D eigenvalue weighted by molar-refractivity contribution is 6.30. The van der Waals surface area contributed by atoms with Gasteiger partial charge in [-0.25, -0.2) is 9.59 Å². The molecule has 2 atom stereocenters. The lowest BCUT2D eigenvalue weighted by atomic mass is 9.94. The number of amides is 3. The topological polar surface area (TPSA) is 82.2 Å². The molecule has 3 rings (SSSR count). The van der Waals surface area contributed by atoms with Crippen molar-refractivity contribution in [1.82, 2.24) is 20.0 Å². The van der Waals surface area contributed by atoms with Gasteiger partial charge in [-0.3, -0.25) is 14.6 Å². The zero-order chi connectivity index (χ0) is 25.7. The number of nitrogens with one attached hydrogen (secondary N) is 1. The molecule has 1 N–H and O–H groups in total. The van der Waals surface area contributed by atoms with Gasteiger partial charge in [-0.05, 0) is 31.5 Å². The fourth-order valence-corrected chi connectivity index (χ4v) is 4.72. The second kappa shape index (κ2) is 11.7. The molecule has 9 heteroatoms. The number of hydrogen-bond acceptors (Lipinski definition) is 5. The Morgan fingerprint density at radius 1 is 1.26 bits per heavy atom. The number of carbonyl (C=O) groups excluding carboxylic acids is 3. The summed E-state index contributed by atoms with van der Waals surface area (Å²) in [4.78, 5) is 44.6. The highest BCUT2D eigenvalue weighted by atomic mass is 35.5. The molecule has 1 aromatic carbocycles. The molecule has 8 nitrogen and oxygen atoms in total. The van der Waals surface area contributed by atoms with E-state index >= 15 is 0 Å². The molecule has 0 bridgehead atoms. The van der Waals surface area contributed by atoms with E-state index in [0.29, 0.717) is 42.5 Å². The molecular formula is C26H35ClN4O4. The first-order valence-electron chi connectivity index (χ1n) is 12.0. The second-order valence-corrected chi connectivity index (χ2v) is 9.62. The zero-order valence-electron chi connectivity index (χ0n) is 20.9. The molecule has 2 aliphatic heterocycles. The molecule has 0 radical (unpaired) electrons. The van der Waals surface area contributed by atoms with E-state index in [9.17, 15) is 14.4 Å². The Balaban J connectivity index is 2.00. The number of nitrogens with zero attached hydrogens (tertiary/aromatic N) is 3. The van der Waals surface area contributed by atoms with E-state index in [1.165, 1.54) is 0 Å².